The topological polar surface area (TPSA) is 86.1 Å². The molecule has 0 aliphatic carbocycles. The summed E-state index contributed by atoms with van der Waals surface area (Å²) in [6.07, 6.45) is 2.26. The van der Waals surface area contributed by atoms with Gasteiger partial charge in [0.25, 0.3) is 0 Å². The van der Waals surface area contributed by atoms with Gasteiger partial charge in [0.05, 0.1) is 12.8 Å². The standard InChI is InChI=1S/C14H24N4O3/c1-6-8-10-12(13(20)21-5)16-17-18(10)9-11(19)15-14(3,4)7-2/h6-9H2,1-5H3,(H,15,19). The van der Waals surface area contributed by atoms with Gasteiger partial charge in [0.15, 0.2) is 5.69 Å². The van der Waals surface area contributed by atoms with Gasteiger partial charge in [0.2, 0.25) is 5.91 Å². The lowest BCUT2D eigenvalue weighted by molar-refractivity contribution is -0.123. The first kappa shape index (κ1) is 17.1. The molecule has 0 atom stereocenters. The van der Waals surface area contributed by atoms with Gasteiger partial charge in [0.1, 0.15) is 6.54 Å². The lowest BCUT2D eigenvalue weighted by Gasteiger charge is -2.24. The SMILES string of the molecule is CCCc1c(C(=O)OC)nnn1CC(=O)NC(C)(C)CC. The van der Waals surface area contributed by atoms with Crippen LogP contribution in [0.25, 0.3) is 0 Å². The van der Waals surface area contributed by atoms with Crippen LogP contribution in [0.2, 0.25) is 0 Å². The minimum atomic E-state index is -0.529. The van der Waals surface area contributed by atoms with Crippen molar-refractivity contribution in [1.82, 2.24) is 20.3 Å². The molecule has 1 N–H and O–H groups in total. The van der Waals surface area contributed by atoms with Crippen LogP contribution in [0.1, 0.15) is 56.7 Å². The van der Waals surface area contributed by atoms with Gasteiger partial charge in [-0.05, 0) is 26.7 Å². The molecule has 0 bridgehead atoms. The molecule has 21 heavy (non-hydrogen) atoms. The molecule has 1 heterocycles. The highest BCUT2D eigenvalue weighted by Gasteiger charge is 2.23. The minimum absolute atomic E-state index is 0.0444. The molecule has 1 aromatic rings. The summed E-state index contributed by atoms with van der Waals surface area (Å²) in [5.41, 5.74) is 0.545. The van der Waals surface area contributed by atoms with Gasteiger partial charge in [-0.25, -0.2) is 9.48 Å². The second-order valence-electron chi connectivity index (χ2n) is 5.57. The average molecular weight is 296 g/mol. The lowest BCUT2D eigenvalue weighted by atomic mass is 10.0. The molecule has 0 aliphatic heterocycles. The van der Waals surface area contributed by atoms with E-state index in [-0.39, 0.29) is 23.7 Å². The van der Waals surface area contributed by atoms with Crippen molar-refractivity contribution in [3.05, 3.63) is 11.4 Å². The maximum Gasteiger partial charge on any atom is 0.360 e. The van der Waals surface area contributed by atoms with Crippen molar-refractivity contribution in [2.45, 2.75) is 59.0 Å². The predicted molar refractivity (Wildman–Crippen MR) is 77.9 cm³/mol. The molecule has 0 radical (unpaired) electrons. The molecular weight excluding hydrogens is 272 g/mol. The molecule has 1 amide bonds. The summed E-state index contributed by atoms with van der Waals surface area (Å²) in [5, 5.41) is 10.7. The fraction of sp³-hybridized carbons (Fsp3) is 0.714. The van der Waals surface area contributed by atoms with E-state index in [1.165, 1.54) is 11.8 Å². The summed E-state index contributed by atoms with van der Waals surface area (Å²) in [7, 11) is 1.30. The zero-order chi connectivity index (χ0) is 16.0. The van der Waals surface area contributed by atoms with Gasteiger partial charge in [-0.3, -0.25) is 4.79 Å². The predicted octanol–water partition coefficient (Wildman–Crippen LogP) is 1.32. The molecule has 0 saturated carbocycles. The smallest absolute Gasteiger partial charge is 0.360 e. The zero-order valence-electron chi connectivity index (χ0n) is 13.4. The molecule has 118 valence electrons. The summed E-state index contributed by atoms with van der Waals surface area (Å²) in [4.78, 5) is 23.7. The Labute approximate surface area is 125 Å². The highest BCUT2D eigenvalue weighted by molar-refractivity contribution is 5.88. The molecule has 0 aromatic carbocycles. The Balaban J connectivity index is 2.90. The molecule has 0 aliphatic rings. The van der Waals surface area contributed by atoms with Gasteiger partial charge in [-0.1, -0.05) is 25.5 Å². The molecule has 0 fully saturated rings. The van der Waals surface area contributed by atoms with Crippen LogP contribution in [0.5, 0.6) is 0 Å². The largest absolute Gasteiger partial charge is 0.464 e. The van der Waals surface area contributed by atoms with Crippen LogP contribution in [-0.4, -0.2) is 39.5 Å². The monoisotopic (exact) mass is 296 g/mol. The van der Waals surface area contributed by atoms with Gasteiger partial charge >= 0.3 is 5.97 Å². The van der Waals surface area contributed by atoms with Gasteiger partial charge < -0.3 is 10.1 Å². The Kier molecular flexibility index (Phi) is 5.87. The van der Waals surface area contributed by atoms with E-state index in [0.29, 0.717) is 12.1 Å². The maximum absolute atomic E-state index is 12.1. The van der Waals surface area contributed by atoms with Crippen molar-refractivity contribution in [2.24, 2.45) is 0 Å². The highest BCUT2D eigenvalue weighted by Crippen LogP contribution is 2.11. The molecule has 1 rings (SSSR count). The third kappa shape index (κ3) is 4.54. The first-order valence-electron chi connectivity index (χ1n) is 7.16. The van der Waals surface area contributed by atoms with Crippen LogP contribution in [0.15, 0.2) is 0 Å². The van der Waals surface area contributed by atoms with Crippen molar-refractivity contribution in [3.63, 3.8) is 0 Å². The first-order chi connectivity index (χ1) is 9.84. The van der Waals surface area contributed by atoms with Crippen molar-refractivity contribution in [3.8, 4) is 0 Å². The minimum Gasteiger partial charge on any atom is -0.464 e. The van der Waals surface area contributed by atoms with E-state index < -0.39 is 5.97 Å². The van der Waals surface area contributed by atoms with Gasteiger partial charge in [0, 0.05) is 5.54 Å². The van der Waals surface area contributed by atoms with Crippen LogP contribution in [0, 0.1) is 0 Å². The molecular formula is C14H24N4O3. The molecule has 7 heteroatoms. The number of hydrogen-bond donors (Lipinski definition) is 1. The molecule has 0 saturated heterocycles. The summed E-state index contributed by atoms with van der Waals surface area (Å²) < 4.78 is 6.15. The quantitative estimate of drug-likeness (QED) is 0.767. The summed E-state index contributed by atoms with van der Waals surface area (Å²) >= 11 is 0. The maximum atomic E-state index is 12.1. The normalized spacial score (nSPS) is 11.3. The van der Waals surface area contributed by atoms with Crippen molar-refractivity contribution < 1.29 is 14.3 Å². The van der Waals surface area contributed by atoms with Crippen LogP contribution < -0.4 is 5.32 Å². The van der Waals surface area contributed by atoms with Crippen LogP contribution in [-0.2, 0) is 22.5 Å². The number of ether oxygens (including phenoxy) is 1. The molecule has 1 aromatic heterocycles. The third-order valence-corrected chi connectivity index (χ3v) is 3.36. The molecule has 0 spiro atoms. The van der Waals surface area contributed by atoms with Crippen LogP contribution in [0.4, 0.5) is 0 Å². The molecule has 7 nitrogen and oxygen atoms in total. The van der Waals surface area contributed by atoms with Crippen LogP contribution in [0.3, 0.4) is 0 Å². The number of nitrogens with zero attached hydrogens (tertiary/aromatic N) is 3. The van der Waals surface area contributed by atoms with E-state index in [1.807, 2.05) is 27.7 Å². The van der Waals surface area contributed by atoms with E-state index in [9.17, 15) is 9.59 Å². The summed E-state index contributed by atoms with van der Waals surface area (Å²) in [6, 6.07) is 0. The number of hydrogen-bond acceptors (Lipinski definition) is 5. The van der Waals surface area contributed by atoms with Crippen LogP contribution >= 0.6 is 0 Å². The van der Waals surface area contributed by atoms with Gasteiger partial charge in [-0.15, -0.1) is 5.10 Å². The number of carbonyl (C=O) groups is 2. The second kappa shape index (κ2) is 7.19. The van der Waals surface area contributed by atoms with Crippen molar-refractivity contribution in [2.75, 3.05) is 7.11 Å². The van der Waals surface area contributed by atoms with E-state index in [0.717, 1.165) is 12.8 Å². The fourth-order valence-corrected chi connectivity index (χ4v) is 1.84. The third-order valence-electron chi connectivity index (χ3n) is 3.36. The van der Waals surface area contributed by atoms with E-state index in [2.05, 4.69) is 20.4 Å². The summed E-state index contributed by atoms with van der Waals surface area (Å²) in [6.45, 7) is 7.95. The Morgan fingerprint density at radius 2 is 2.00 bits per heavy atom. The Morgan fingerprint density at radius 3 is 2.52 bits per heavy atom. The molecule has 0 unspecified atom stereocenters. The number of aromatic nitrogens is 3. The Morgan fingerprint density at radius 1 is 1.33 bits per heavy atom. The summed E-state index contributed by atoms with van der Waals surface area (Å²) in [5.74, 6) is -0.681. The average Bonchev–Trinajstić information content (AvgIpc) is 2.81. The number of carbonyl (C=O) groups excluding carboxylic acids is 2. The number of methoxy groups -OCH3 is 1. The highest BCUT2D eigenvalue weighted by atomic mass is 16.5. The fourth-order valence-electron chi connectivity index (χ4n) is 1.84. The number of amides is 1. The first-order valence-corrected chi connectivity index (χ1v) is 7.16. The number of rotatable bonds is 7. The van der Waals surface area contributed by atoms with E-state index in [1.54, 1.807) is 0 Å². The number of nitrogens with one attached hydrogen (secondary N) is 1. The Hall–Kier alpha value is -1.92. The second-order valence-corrected chi connectivity index (χ2v) is 5.57. The number of esters is 1. The van der Waals surface area contributed by atoms with Gasteiger partial charge in [-0.2, -0.15) is 0 Å². The lowest BCUT2D eigenvalue weighted by Crippen LogP contribution is -2.44. The van der Waals surface area contributed by atoms with E-state index >= 15 is 0 Å². The van der Waals surface area contributed by atoms with Crippen molar-refractivity contribution >= 4 is 11.9 Å². The Bertz CT molecular complexity index is 508. The zero-order valence-corrected chi connectivity index (χ0v) is 13.4. The van der Waals surface area contributed by atoms with E-state index in [4.69, 9.17) is 0 Å². The van der Waals surface area contributed by atoms with Crippen molar-refractivity contribution in [1.29, 1.82) is 0 Å².